The van der Waals surface area contributed by atoms with E-state index in [4.69, 9.17) is 4.74 Å². The van der Waals surface area contributed by atoms with Crippen molar-refractivity contribution in [1.82, 2.24) is 14.8 Å². The Kier molecular flexibility index (Phi) is 5.39. The van der Waals surface area contributed by atoms with Crippen LogP contribution in [0.5, 0.6) is 5.75 Å². The van der Waals surface area contributed by atoms with E-state index in [9.17, 15) is 5.11 Å². The molecule has 3 rings (SSSR count). The Labute approximate surface area is 153 Å². The van der Waals surface area contributed by atoms with Crippen LogP contribution in [0.1, 0.15) is 51.0 Å². The zero-order chi connectivity index (χ0) is 18.0. The van der Waals surface area contributed by atoms with Gasteiger partial charge in [-0.25, -0.2) is 0 Å². The molecule has 6 heteroatoms. The molecule has 1 atom stereocenters. The van der Waals surface area contributed by atoms with Crippen molar-refractivity contribution in [1.29, 1.82) is 0 Å². The zero-order valence-corrected chi connectivity index (χ0v) is 16.2. The van der Waals surface area contributed by atoms with Gasteiger partial charge in [-0.2, -0.15) is 0 Å². The van der Waals surface area contributed by atoms with Crippen LogP contribution >= 0.6 is 11.8 Å². The van der Waals surface area contributed by atoms with Gasteiger partial charge in [0.2, 0.25) is 0 Å². The lowest BCUT2D eigenvalue weighted by Crippen LogP contribution is -2.20. The van der Waals surface area contributed by atoms with Gasteiger partial charge < -0.3 is 14.4 Å². The number of aliphatic hydroxyl groups is 1. The minimum absolute atomic E-state index is 0.129. The minimum Gasteiger partial charge on any atom is -0.491 e. The average molecular weight is 362 g/mol. The van der Waals surface area contributed by atoms with Crippen molar-refractivity contribution in [2.45, 2.75) is 63.3 Å². The van der Waals surface area contributed by atoms with E-state index in [0.29, 0.717) is 11.8 Å². The van der Waals surface area contributed by atoms with Crippen LogP contribution in [0.2, 0.25) is 0 Å². The first-order valence-electron chi connectivity index (χ1n) is 8.80. The third kappa shape index (κ3) is 4.76. The third-order valence-electron chi connectivity index (χ3n) is 4.31. The van der Waals surface area contributed by atoms with E-state index in [1.165, 1.54) is 18.4 Å². The van der Waals surface area contributed by atoms with Gasteiger partial charge in [0.15, 0.2) is 5.16 Å². The molecule has 1 unspecified atom stereocenters. The summed E-state index contributed by atoms with van der Waals surface area (Å²) in [7, 11) is 0. The zero-order valence-electron chi connectivity index (χ0n) is 15.4. The van der Waals surface area contributed by atoms with Crippen molar-refractivity contribution in [2.75, 3.05) is 12.4 Å². The summed E-state index contributed by atoms with van der Waals surface area (Å²) in [5.74, 6) is 2.29. The monoisotopic (exact) mass is 361 g/mol. The van der Waals surface area contributed by atoms with E-state index in [1.807, 2.05) is 19.1 Å². The number of aromatic nitrogens is 3. The van der Waals surface area contributed by atoms with Crippen LogP contribution in [0.25, 0.3) is 0 Å². The highest BCUT2D eigenvalue weighted by molar-refractivity contribution is 7.99. The molecule has 0 aliphatic heterocycles. The summed E-state index contributed by atoms with van der Waals surface area (Å²) in [6, 6.07) is 8.64. The minimum atomic E-state index is -0.544. The predicted molar refractivity (Wildman–Crippen MR) is 100 cm³/mol. The van der Waals surface area contributed by atoms with Crippen molar-refractivity contribution < 1.29 is 9.84 Å². The Morgan fingerprint density at radius 2 is 1.92 bits per heavy atom. The van der Waals surface area contributed by atoms with Crippen molar-refractivity contribution in [3.63, 3.8) is 0 Å². The van der Waals surface area contributed by atoms with Crippen molar-refractivity contribution in [3.05, 3.63) is 35.7 Å². The van der Waals surface area contributed by atoms with Crippen LogP contribution < -0.4 is 4.74 Å². The number of hydrogen-bond acceptors (Lipinski definition) is 5. The van der Waals surface area contributed by atoms with Gasteiger partial charge in [0.1, 0.15) is 18.2 Å². The van der Waals surface area contributed by atoms with Crippen LogP contribution in [0.4, 0.5) is 0 Å². The SMILES string of the molecule is Cc1nnc(SCC(O)COc2ccc(C(C)(C)C)cc2)n1C1CC1. The van der Waals surface area contributed by atoms with Crippen LogP contribution in [-0.2, 0) is 5.41 Å². The number of thioether (sulfide) groups is 1. The van der Waals surface area contributed by atoms with Crippen LogP contribution in [-0.4, -0.2) is 38.3 Å². The molecule has 2 aromatic rings. The number of rotatable bonds is 7. The molecule has 1 fully saturated rings. The first-order chi connectivity index (χ1) is 11.8. The first kappa shape index (κ1) is 18.3. The van der Waals surface area contributed by atoms with Gasteiger partial charge in [0.05, 0.1) is 6.10 Å². The van der Waals surface area contributed by atoms with Gasteiger partial charge in [0.25, 0.3) is 0 Å². The molecular weight excluding hydrogens is 334 g/mol. The number of aliphatic hydroxyl groups excluding tert-OH is 1. The van der Waals surface area contributed by atoms with E-state index in [0.717, 1.165) is 16.7 Å². The Morgan fingerprint density at radius 3 is 2.52 bits per heavy atom. The van der Waals surface area contributed by atoms with E-state index >= 15 is 0 Å². The number of hydrogen-bond donors (Lipinski definition) is 1. The molecular formula is C19H27N3O2S. The highest BCUT2D eigenvalue weighted by atomic mass is 32.2. The molecule has 1 aliphatic carbocycles. The number of aryl methyl sites for hydroxylation is 1. The molecule has 1 heterocycles. The second-order valence-corrected chi connectivity index (χ2v) is 8.67. The molecule has 0 radical (unpaired) electrons. The van der Waals surface area contributed by atoms with E-state index in [2.05, 4.69) is 47.7 Å². The Morgan fingerprint density at radius 1 is 1.24 bits per heavy atom. The van der Waals surface area contributed by atoms with Gasteiger partial charge in [-0.15, -0.1) is 10.2 Å². The standard InChI is InChI=1S/C19H27N3O2S/c1-13-20-21-18(22(13)15-7-8-15)25-12-16(23)11-24-17-9-5-14(6-10-17)19(2,3)4/h5-6,9-10,15-16,23H,7-8,11-12H2,1-4H3. The molecule has 25 heavy (non-hydrogen) atoms. The van der Waals surface area contributed by atoms with E-state index in [1.54, 1.807) is 11.8 Å². The maximum absolute atomic E-state index is 10.2. The fourth-order valence-electron chi connectivity index (χ4n) is 2.66. The molecule has 0 amide bonds. The third-order valence-corrected chi connectivity index (χ3v) is 5.40. The van der Waals surface area contributed by atoms with Crippen molar-refractivity contribution in [2.24, 2.45) is 0 Å². The van der Waals surface area contributed by atoms with Gasteiger partial charge in [-0.1, -0.05) is 44.7 Å². The predicted octanol–water partition coefficient (Wildman–Crippen LogP) is 3.75. The second kappa shape index (κ2) is 7.38. The quantitative estimate of drug-likeness (QED) is 0.761. The lowest BCUT2D eigenvalue weighted by atomic mass is 9.87. The Balaban J connectivity index is 1.47. The second-order valence-electron chi connectivity index (χ2n) is 7.68. The summed E-state index contributed by atoms with van der Waals surface area (Å²) in [6.45, 7) is 8.82. The highest BCUT2D eigenvalue weighted by Crippen LogP contribution is 2.38. The molecule has 0 saturated heterocycles. The normalized spacial score (nSPS) is 16.0. The van der Waals surface area contributed by atoms with Crippen LogP contribution in [0.15, 0.2) is 29.4 Å². The van der Waals surface area contributed by atoms with Crippen molar-refractivity contribution >= 4 is 11.8 Å². The molecule has 0 bridgehead atoms. The van der Waals surface area contributed by atoms with Gasteiger partial charge >= 0.3 is 0 Å². The van der Waals surface area contributed by atoms with Gasteiger partial charge in [0, 0.05) is 11.8 Å². The Hall–Kier alpha value is -1.53. The van der Waals surface area contributed by atoms with Gasteiger partial charge in [-0.3, -0.25) is 0 Å². The summed E-state index contributed by atoms with van der Waals surface area (Å²) in [5, 5.41) is 19.5. The molecule has 1 N–H and O–H groups in total. The number of ether oxygens (including phenoxy) is 1. The maximum Gasteiger partial charge on any atom is 0.191 e. The molecule has 1 saturated carbocycles. The van der Waals surface area contributed by atoms with Crippen molar-refractivity contribution in [3.8, 4) is 5.75 Å². The molecule has 1 aliphatic rings. The maximum atomic E-state index is 10.2. The Bertz CT molecular complexity index is 702. The molecule has 1 aromatic heterocycles. The molecule has 136 valence electrons. The van der Waals surface area contributed by atoms with E-state index in [-0.39, 0.29) is 12.0 Å². The summed E-state index contributed by atoms with van der Waals surface area (Å²) >= 11 is 1.54. The van der Waals surface area contributed by atoms with Crippen LogP contribution in [0, 0.1) is 6.92 Å². The fraction of sp³-hybridized carbons (Fsp3) is 0.579. The summed E-state index contributed by atoms with van der Waals surface area (Å²) < 4.78 is 7.90. The molecule has 5 nitrogen and oxygen atoms in total. The lowest BCUT2D eigenvalue weighted by Gasteiger charge is -2.19. The average Bonchev–Trinajstić information content (AvgIpc) is 3.33. The van der Waals surface area contributed by atoms with E-state index < -0.39 is 6.10 Å². The summed E-state index contributed by atoms with van der Waals surface area (Å²) in [6.07, 6.45) is 1.85. The molecule has 1 aromatic carbocycles. The summed E-state index contributed by atoms with van der Waals surface area (Å²) in [4.78, 5) is 0. The lowest BCUT2D eigenvalue weighted by molar-refractivity contribution is 0.126. The largest absolute Gasteiger partial charge is 0.491 e. The number of nitrogens with zero attached hydrogens (tertiary/aromatic N) is 3. The topological polar surface area (TPSA) is 60.2 Å². The first-order valence-corrected chi connectivity index (χ1v) is 9.79. The molecule has 0 spiro atoms. The van der Waals surface area contributed by atoms with Gasteiger partial charge in [-0.05, 0) is 42.9 Å². The smallest absolute Gasteiger partial charge is 0.191 e. The fourth-order valence-corrected chi connectivity index (χ4v) is 3.62. The summed E-state index contributed by atoms with van der Waals surface area (Å²) in [5.41, 5.74) is 1.40. The number of benzene rings is 1. The highest BCUT2D eigenvalue weighted by Gasteiger charge is 2.28. The van der Waals surface area contributed by atoms with Crippen LogP contribution in [0.3, 0.4) is 0 Å².